The maximum Gasteiger partial charge on any atom is 0.386 e. The Balaban J connectivity index is 1.05. The molecule has 0 aliphatic carbocycles. The number of fused-ring (bicyclic) bond motifs is 1. The molecule has 340 valence electrons. The first-order chi connectivity index (χ1) is 29.1. The molecule has 62 heavy (non-hydrogen) atoms. The Morgan fingerprint density at radius 1 is 0.742 bits per heavy atom. The van der Waals surface area contributed by atoms with Crippen LogP contribution in [-0.2, 0) is 55.0 Å². The molecule has 7 rings (SSSR count). The molecule has 3 fully saturated rings. The molecule has 4 aromatic heterocycles. The van der Waals surface area contributed by atoms with Crippen LogP contribution in [0, 0.1) is 13.8 Å². The first kappa shape index (κ1) is 46.9. The summed E-state index contributed by atoms with van der Waals surface area (Å²) >= 11 is 12.2. The average molecular weight is 988 g/mol. The van der Waals surface area contributed by atoms with Crippen molar-refractivity contribution >= 4 is 74.3 Å². The number of hydrogen-bond acceptors (Lipinski definition) is 20. The van der Waals surface area contributed by atoms with Crippen LogP contribution in [0.2, 0.25) is 0 Å². The number of rotatable bonds is 16. The second kappa shape index (κ2) is 18.4. The number of nitrogens with zero attached hydrogens (tertiary/aromatic N) is 5. The Morgan fingerprint density at radius 3 is 1.82 bits per heavy atom. The monoisotopic (exact) mass is 987 g/mol. The second-order valence-corrected chi connectivity index (χ2v) is 22.9. The number of hydrogen-bond donors (Lipinski definition) is 7. The molecule has 5 N–H and O–H groups in total. The molecule has 6 unspecified atom stereocenters. The summed E-state index contributed by atoms with van der Waals surface area (Å²) in [6.45, 7) is -10.9. The van der Waals surface area contributed by atoms with E-state index in [2.05, 4.69) is 61.7 Å². The van der Waals surface area contributed by atoms with Gasteiger partial charge in [0.05, 0.1) is 32.3 Å². The van der Waals surface area contributed by atoms with Gasteiger partial charge in [0.1, 0.15) is 43.1 Å². The highest BCUT2D eigenvalue weighted by atomic mass is 32.7. The van der Waals surface area contributed by atoms with Crippen LogP contribution in [0.25, 0.3) is 11.2 Å². The van der Waals surface area contributed by atoms with Crippen molar-refractivity contribution in [2.24, 2.45) is 0 Å². The molecule has 26 nitrogen and oxygen atoms in total. The van der Waals surface area contributed by atoms with Crippen LogP contribution < -0.4 is 33.8 Å². The number of nitrogens with one attached hydrogen (secondary N) is 3. The number of thiol groups is 3. The maximum atomic E-state index is 13.9. The minimum Gasteiger partial charge on any atom is -0.369 e. The summed E-state index contributed by atoms with van der Waals surface area (Å²) in [4.78, 5) is 76.4. The second-order valence-electron chi connectivity index (χ2n) is 14.2. The molecule has 0 saturated carbocycles. The lowest BCUT2D eigenvalue weighted by Gasteiger charge is -2.25. The molecular formula is C30H40N9O17P3S3. The normalized spacial score (nSPS) is 28.2. The van der Waals surface area contributed by atoms with Gasteiger partial charge in [0.2, 0.25) is 5.95 Å². The van der Waals surface area contributed by atoms with Crippen LogP contribution in [0.3, 0.4) is 0 Å². The minimum atomic E-state index is -4.45. The molecule has 11 atom stereocenters. The number of aromatic nitrogens is 8. The van der Waals surface area contributed by atoms with Crippen LogP contribution in [-0.4, -0.2) is 96.1 Å². The molecular weight excluding hydrogens is 947 g/mol. The summed E-state index contributed by atoms with van der Waals surface area (Å²) in [5, 5.41) is 0. The van der Waals surface area contributed by atoms with E-state index in [9.17, 15) is 37.7 Å². The van der Waals surface area contributed by atoms with E-state index in [4.69, 9.17) is 47.1 Å². The molecule has 0 aromatic carbocycles. The summed E-state index contributed by atoms with van der Waals surface area (Å²) in [7, 11) is 1.11. The van der Waals surface area contributed by atoms with Crippen molar-refractivity contribution < 1.29 is 55.0 Å². The standard InChI is InChI=1S/C30H40N9O17P3S3/c1-13-7-37(29(43)35-25(13)40)20-4-15(9-49-20)54-58(46,61)50-10-19-17(5-21(52-19)38-8-14(2)26(41)36-30(38)44)56-59(47,62)51-11-18-16(55-57(45,60)48-3)6-22(53-18)39-12-32-23-24(39)33-28(31)34-27(23)42/h7-8,12,15-22H,4-6,9-11H2,1-3H3,(H,45,60)(H,46,61)(H,47,62)(H,35,40,43)(H,36,41,44)(H3,31,33,34,42)/t15?,16?,17?,18-,19-,20-,21-,22-,57?,58?,59?/m1/s1. The topological polar surface area (TPSA) is 334 Å². The number of aromatic amines is 3. The fourth-order valence-electron chi connectivity index (χ4n) is 6.83. The Bertz CT molecular complexity index is 2800. The predicted octanol–water partition coefficient (Wildman–Crippen LogP) is 1.86. The lowest BCUT2D eigenvalue weighted by atomic mass is 10.2. The van der Waals surface area contributed by atoms with Crippen LogP contribution in [0.1, 0.15) is 49.1 Å². The summed E-state index contributed by atoms with van der Waals surface area (Å²) < 4.78 is 94.9. The highest BCUT2D eigenvalue weighted by Gasteiger charge is 2.46. The first-order valence-electron chi connectivity index (χ1n) is 18.3. The molecule has 3 saturated heterocycles. The third-order valence-electron chi connectivity index (χ3n) is 9.83. The van der Waals surface area contributed by atoms with Crippen molar-refractivity contribution in [1.29, 1.82) is 0 Å². The van der Waals surface area contributed by atoms with Crippen molar-refractivity contribution in [3.05, 3.63) is 81.9 Å². The maximum absolute atomic E-state index is 13.9. The molecule has 4 aromatic rings. The van der Waals surface area contributed by atoms with Crippen molar-refractivity contribution in [2.75, 3.05) is 32.7 Å². The van der Waals surface area contributed by atoms with Gasteiger partial charge in [0.25, 0.3) is 16.7 Å². The highest BCUT2D eigenvalue weighted by molar-refractivity contribution is 8.45. The SMILES string of the molecule is COP(=O)(S)OC1C[C@H](n2cnc3c(=O)[nH]c(N)nc32)O[C@@H]1COP(=O)(S)OC1C[C@H](n2cc(C)c(=O)[nH]c2=O)O[C@@H]1COP(=O)(S)OC1CO[C@@H](n2cc(C)c(=O)[nH]c2=O)C1. The average Bonchev–Trinajstić information content (AvgIpc) is 3.99. The van der Waals surface area contributed by atoms with Gasteiger partial charge in [-0.3, -0.25) is 65.7 Å². The largest absolute Gasteiger partial charge is 0.386 e. The molecule has 7 heterocycles. The molecule has 3 aliphatic rings. The van der Waals surface area contributed by atoms with Crippen LogP contribution in [0.15, 0.2) is 42.7 Å². The summed E-state index contributed by atoms with van der Waals surface area (Å²) in [5.41, 5.74) is 2.84. The Kier molecular flexibility index (Phi) is 13.9. The highest BCUT2D eigenvalue weighted by Crippen LogP contribution is 2.59. The van der Waals surface area contributed by atoms with E-state index in [1.807, 2.05) is 0 Å². The summed E-state index contributed by atoms with van der Waals surface area (Å²) in [5.74, 6) is -0.190. The number of aryl methyl sites for hydroxylation is 2. The third-order valence-corrected chi connectivity index (χ3v) is 14.9. The van der Waals surface area contributed by atoms with E-state index in [-0.39, 0.29) is 54.1 Å². The Hall–Kier alpha value is -3.11. The van der Waals surface area contributed by atoms with Crippen molar-refractivity contribution in [1.82, 2.24) is 38.6 Å². The lowest BCUT2D eigenvalue weighted by molar-refractivity contribution is -0.0469. The van der Waals surface area contributed by atoms with Crippen molar-refractivity contribution in [2.45, 2.75) is 82.3 Å². The molecule has 0 spiro atoms. The number of imidazole rings is 1. The zero-order chi connectivity index (χ0) is 44.9. The van der Waals surface area contributed by atoms with Crippen molar-refractivity contribution in [3.63, 3.8) is 0 Å². The smallest absolute Gasteiger partial charge is 0.369 e. The van der Waals surface area contributed by atoms with Gasteiger partial charge in [-0.25, -0.2) is 28.3 Å². The summed E-state index contributed by atoms with van der Waals surface area (Å²) in [6.07, 6.45) is -4.97. The van der Waals surface area contributed by atoms with E-state index < -0.39 is 111 Å². The fraction of sp³-hybridized carbons (Fsp3) is 0.567. The van der Waals surface area contributed by atoms with Gasteiger partial charge >= 0.3 is 31.8 Å². The van der Waals surface area contributed by atoms with Gasteiger partial charge in [-0.1, -0.05) is 36.7 Å². The van der Waals surface area contributed by atoms with Gasteiger partial charge in [0.15, 0.2) is 11.2 Å². The van der Waals surface area contributed by atoms with E-state index in [0.29, 0.717) is 0 Å². The molecule has 0 amide bonds. The Labute approximate surface area is 363 Å². The van der Waals surface area contributed by atoms with Crippen LogP contribution in [0.4, 0.5) is 5.95 Å². The zero-order valence-corrected chi connectivity index (χ0v) is 37.9. The quantitative estimate of drug-likeness (QED) is 0.0622. The van der Waals surface area contributed by atoms with E-state index >= 15 is 0 Å². The number of nitrogen functional groups attached to an aromatic ring is 1. The molecule has 3 aliphatic heterocycles. The number of H-pyrrole nitrogens is 3. The first-order valence-corrected chi connectivity index (χ1v) is 26.4. The van der Waals surface area contributed by atoms with E-state index in [1.165, 1.54) is 41.7 Å². The summed E-state index contributed by atoms with van der Waals surface area (Å²) in [6, 6.07) is 0. The van der Waals surface area contributed by atoms with Gasteiger partial charge in [-0.2, -0.15) is 4.98 Å². The van der Waals surface area contributed by atoms with E-state index in [1.54, 1.807) is 0 Å². The third kappa shape index (κ3) is 10.7. The van der Waals surface area contributed by atoms with Gasteiger partial charge < -0.3 is 24.5 Å². The van der Waals surface area contributed by atoms with Gasteiger partial charge in [0, 0.05) is 49.9 Å². The van der Waals surface area contributed by atoms with Gasteiger partial charge in [-0.15, -0.1) is 0 Å². The number of ether oxygens (including phenoxy) is 3. The molecule has 32 heteroatoms. The number of anilines is 1. The zero-order valence-electron chi connectivity index (χ0n) is 32.5. The Morgan fingerprint density at radius 2 is 1.26 bits per heavy atom. The minimum absolute atomic E-state index is 0.0281. The van der Waals surface area contributed by atoms with Gasteiger partial charge in [-0.05, 0) is 13.8 Å². The van der Waals surface area contributed by atoms with Crippen molar-refractivity contribution in [3.8, 4) is 0 Å². The molecule has 0 radical (unpaired) electrons. The van der Waals surface area contributed by atoms with Crippen LogP contribution >= 0.6 is 57.1 Å². The molecule has 0 bridgehead atoms. The van der Waals surface area contributed by atoms with E-state index in [0.717, 1.165) is 11.7 Å². The number of nitrogens with two attached hydrogens (primary N) is 1. The van der Waals surface area contributed by atoms with Crippen LogP contribution in [0.5, 0.6) is 0 Å². The fourth-order valence-corrected chi connectivity index (χ4v) is 10.9. The predicted molar refractivity (Wildman–Crippen MR) is 225 cm³/mol. The lowest BCUT2D eigenvalue weighted by Crippen LogP contribution is -2.33.